The fourth-order valence-electron chi connectivity index (χ4n) is 5.24. The van der Waals surface area contributed by atoms with E-state index in [0.717, 1.165) is 40.8 Å². The highest BCUT2D eigenvalue weighted by Gasteiger charge is 2.41. The lowest BCUT2D eigenvalue weighted by Gasteiger charge is -2.41. The highest BCUT2D eigenvalue weighted by Crippen LogP contribution is 2.39. The van der Waals surface area contributed by atoms with Gasteiger partial charge in [-0.15, -0.1) is 17.9 Å². The standard InChI is InChI=1S/C35H65NO4SSi2/c1-16-30(39-42(14,15)35(10,11)12)28(9)33(38-13)27(8)22-20-21-26(7)32(37)29-24-41-34(36-29)31(23-25(5)6)40-43(17-2,18-3)19-4/h16,20-22,24-26,28,30-33,37H,1,17-19,23H2,2-15H3/b21-20+,27-22+/t26-,28-,30+,31-,32-,33+/m0/s1. The van der Waals surface area contributed by atoms with Crippen LogP contribution in [0.4, 0.5) is 0 Å². The van der Waals surface area contributed by atoms with Gasteiger partial charge >= 0.3 is 0 Å². The van der Waals surface area contributed by atoms with Crippen molar-refractivity contribution in [3.05, 3.63) is 52.5 Å². The van der Waals surface area contributed by atoms with Gasteiger partial charge in [-0.25, -0.2) is 4.98 Å². The van der Waals surface area contributed by atoms with Crippen LogP contribution < -0.4 is 0 Å². The summed E-state index contributed by atoms with van der Waals surface area (Å²) in [6.07, 6.45) is 8.15. The average Bonchev–Trinajstić information content (AvgIpc) is 3.43. The van der Waals surface area contributed by atoms with Crippen LogP contribution in [0, 0.1) is 17.8 Å². The molecule has 1 aromatic heterocycles. The van der Waals surface area contributed by atoms with Crippen molar-refractivity contribution < 1.29 is 18.7 Å². The van der Waals surface area contributed by atoms with Gasteiger partial charge in [-0.3, -0.25) is 0 Å². The molecule has 0 radical (unpaired) electrons. The molecule has 0 aliphatic heterocycles. The molecule has 1 N–H and O–H groups in total. The van der Waals surface area contributed by atoms with E-state index in [1.54, 1.807) is 18.4 Å². The molecule has 5 nitrogen and oxygen atoms in total. The van der Waals surface area contributed by atoms with Crippen molar-refractivity contribution in [2.45, 2.75) is 143 Å². The van der Waals surface area contributed by atoms with E-state index in [1.165, 1.54) is 0 Å². The van der Waals surface area contributed by atoms with Crippen molar-refractivity contribution in [1.82, 2.24) is 4.98 Å². The first-order chi connectivity index (χ1) is 19.9. The molecule has 1 aromatic rings. The first-order valence-electron chi connectivity index (χ1n) is 16.4. The second kappa shape index (κ2) is 17.7. The molecule has 0 aliphatic rings. The maximum absolute atomic E-state index is 11.2. The Kier molecular flexibility index (Phi) is 16.5. The van der Waals surface area contributed by atoms with Gasteiger partial charge in [0.1, 0.15) is 11.1 Å². The molecule has 0 saturated carbocycles. The smallest absolute Gasteiger partial charge is 0.193 e. The Morgan fingerprint density at radius 1 is 1.07 bits per heavy atom. The quantitative estimate of drug-likeness (QED) is 0.0916. The summed E-state index contributed by atoms with van der Waals surface area (Å²) < 4.78 is 19.6. The van der Waals surface area contributed by atoms with Crippen molar-refractivity contribution in [3.8, 4) is 0 Å². The minimum Gasteiger partial charge on any atom is -0.410 e. The van der Waals surface area contributed by atoms with Crippen LogP contribution in [-0.4, -0.2) is 46.0 Å². The summed E-state index contributed by atoms with van der Waals surface area (Å²) in [5.41, 5.74) is 1.84. The van der Waals surface area contributed by atoms with Gasteiger partial charge in [0.15, 0.2) is 16.6 Å². The summed E-state index contributed by atoms with van der Waals surface area (Å²) in [4.78, 5) is 4.93. The molecule has 0 amide bonds. The van der Waals surface area contributed by atoms with Crippen LogP contribution >= 0.6 is 11.3 Å². The summed E-state index contributed by atoms with van der Waals surface area (Å²) in [5, 5.41) is 14.3. The number of aliphatic hydroxyl groups excluding tert-OH is 1. The average molecular weight is 652 g/mol. The predicted octanol–water partition coefficient (Wildman–Crippen LogP) is 10.7. The maximum atomic E-state index is 11.2. The predicted molar refractivity (Wildman–Crippen MR) is 192 cm³/mol. The van der Waals surface area contributed by atoms with E-state index in [2.05, 4.69) is 95.0 Å². The van der Waals surface area contributed by atoms with Gasteiger partial charge in [-0.1, -0.05) is 93.5 Å². The van der Waals surface area contributed by atoms with E-state index < -0.39 is 22.7 Å². The van der Waals surface area contributed by atoms with Crippen molar-refractivity contribution in [2.75, 3.05) is 7.11 Å². The molecule has 43 heavy (non-hydrogen) atoms. The molecule has 8 heteroatoms. The Balaban J connectivity index is 3.06. The molecule has 0 spiro atoms. The van der Waals surface area contributed by atoms with E-state index in [-0.39, 0.29) is 35.2 Å². The van der Waals surface area contributed by atoms with Crippen molar-refractivity contribution in [2.24, 2.45) is 17.8 Å². The molecule has 6 atom stereocenters. The van der Waals surface area contributed by atoms with Gasteiger partial charge in [0.25, 0.3) is 0 Å². The number of thiazole rings is 1. The van der Waals surface area contributed by atoms with Crippen LogP contribution in [0.1, 0.15) is 105 Å². The number of hydrogen-bond acceptors (Lipinski definition) is 6. The number of allylic oxidation sites excluding steroid dienone is 2. The van der Waals surface area contributed by atoms with Gasteiger partial charge in [0.2, 0.25) is 0 Å². The summed E-state index contributed by atoms with van der Waals surface area (Å²) in [6.45, 7) is 33.0. The van der Waals surface area contributed by atoms with Gasteiger partial charge < -0.3 is 18.7 Å². The zero-order valence-corrected chi connectivity index (χ0v) is 32.8. The Bertz CT molecular complexity index is 1020. The van der Waals surface area contributed by atoms with Crippen LogP contribution in [0.5, 0.6) is 0 Å². The zero-order chi connectivity index (χ0) is 33.2. The number of nitrogens with zero attached hydrogens (tertiary/aromatic N) is 1. The highest BCUT2D eigenvalue weighted by molar-refractivity contribution is 7.09. The Morgan fingerprint density at radius 3 is 2.12 bits per heavy atom. The Labute approximate surface area is 271 Å². The highest BCUT2D eigenvalue weighted by atomic mass is 32.1. The summed E-state index contributed by atoms with van der Waals surface area (Å²) in [6, 6.07) is 3.35. The first-order valence-corrected chi connectivity index (χ1v) is 22.7. The van der Waals surface area contributed by atoms with Gasteiger partial charge in [0, 0.05) is 24.3 Å². The Hall–Kier alpha value is -0.876. The van der Waals surface area contributed by atoms with Gasteiger partial charge in [-0.05, 0) is 61.1 Å². The zero-order valence-electron chi connectivity index (χ0n) is 30.0. The molecule has 0 saturated heterocycles. The number of hydrogen-bond donors (Lipinski definition) is 1. The van der Waals surface area contributed by atoms with E-state index in [1.807, 2.05) is 30.5 Å². The van der Waals surface area contributed by atoms with E-state index in [9.17, 15) is 5.11 Å². The lowest BCUT2D eigenvalue weighted by atomic mass is 9.92. The number of ether oxygens (including phenoxy) is 1. The van der Waals surface area contributed by atoms with Gasteiger partial charge in [-0.2, -0.15) is 0 Å². The molecular formula is C35H65NO4SSi2. The maximum Gasteiger partial charge on any atom is 0.193 e. The van der Waals surface area contributed by atoms with Crippen molar-refractivity contribution in [1.29, 1.82) is 0 Å². The normalized spacial score (nSPS) is 18.1. The molecule has 0 fully saturated rings. The summed E-state index contributed by atoms with van der Waals surface area (Å²) in [5.74, 6) is 0.518. The number of aromatic nitrogens is 1. The van der Waals surface area contributed by atoms with Crippen molar-refractivity contribution >= 4 is 28.0 Å². The minimum absolute atomic E-state index is 0.00174. The number of aliphatic hydroxyl groups is 1. The molecule has 0 unspecified atom stereocenters. The van der Waals surface area contributed by atoms with Crippen molar-refractivity contribution in [3.63, 3.8) is 0 Å². The fraction of sp³-hybridized carbons (Fsp3) is 0.743. The summed E-state index contributed by atoms with van der Waals surface area (Å²) >= 11 is 1.62. The molecule has 1 rings (SSSR count). The molecule has 248 valence electrons. The third-order valence-corrected chi connectivity index (χ3v) is 19.6. The van der Waals surface area contributed by atoms with E-state index in [4.69, 9.17) is 18.6 Å². The van der Waals surface area contributed by atoms with Crippen LogP contribution in [0.2, 0.25) is 36.3 Å². The lowest BCUT2D eigenvalue weighted by Crippen LogP contribution is -2.46. The van der Waals surface area contributed by atoms with Crippen LogP contribution in [0.25, 0.3) is 0 Å². The lowest BCUT2D eigenvalue weighted by molar-refractivity contribution is 0.0374. The second-order valence-electron chi connectivity index (χ2n) is 14.3. The molecule has 0 aliphatic carbocycles. The second-order valence-corrected chi connectivity index (χ2v) is 24.7. The van der Waals surface area contributed by atoms with E-state index in [0.29, 0.717) is 5.92 Å². The third kappa shape index (κ3) is 11.5. The fourth-order valence-corrected chi connectivity index (χ4v) is 10.4. The van der Waals surface area contributed by atoms with Gasteiger partial charge in [0.05, 0.1) is 24.0 Å². The Morgan fingerprint density at radius 2 is 1.65 bits per heavy atom. The summed E-state index contributed by atoms with van der Waals surface area (Å²) in [7, 11) is -1.99. The molecule has 1 heterocycles. The largest absolute Gasteiger partial charge is 0.410 e. The molecule has 0 aromatic carbocycles. The minimum atomic E-state index is -1.96. The molecular weight excluding hydrogens is 587 g/mol. The van der Waals surface area contributed by atoms with Crippen LogP contribution in [0.15, 0.2) is 41.8 Å². The topological polar surface area (TPSA) is 60.8 Å². The monoisotopic (exact) mass is 651 g/mol. The SMILES string of the molecule is C=C[C@@H](O[Si](C)(C)C(C)(C)C)[C@H](C)[C@H](OC)/C(C)=C/C=C/[C@H](C)[C@H](O)c1csc([C@H](CC(C)C)O[Si](CC)(CC)CC)n1. The third-order valence-electron chi connectivity index (χ3n) is 9.57. The van der Waals surface area contributed by atoms with Crippen LogP contribution in [0.3, 0.4) is 0 Å². The number of methoxy groups -OCH3 is 1. The number of rotatable bonds is 19. The molecule has 0 bridgehead atoms. The van der Waals surface area contributed by atoms with Crippen LogP contribution in [-0.2, 0) is 13.6 Å². The van der Waals surface area contributed by atoms with E-state index >= 15 is 0 Å². The first kappa shape index (κ1) is 40.1.